The Balaban J connectivity index is 0.00000261. The second-order valence-corrected chi connectivity index (χ2v) is 6.89. The third-order valence-corrected chi connectivity index (χ3v) is 4.72. The van der Waals surface area contributed by atoms with E-state index in [1.807, 2.05) is 4.90 Å². The number of hydrogen-bond acceptors (Lipinski definition) is 3. The number of carbonyl (C=O) groups excluding carboxylic acids is 2. The number of amides is 3. The van der Waals surface area contributed by atoms with Gasteiger partial charge in [0, 0.05) is 30.9 Å². The lowest BCUT2D eigenvalue weighted by Gasteiger charge is -2.20. The molecule has 9 heteroatoms. The van der Waals surface area contributed by atoms with Gasteiger partial charge in [0.15, 0.2) is 0 Å². The minimum atomic E-state index is -2.84. The molecule has 0 radical (unpaired) electrons. The fourth-order valence-electron chi connectivity index (χ4n) is 3.24. The van der Waals surface area contributed by atoms with Gasteiger partial charge in [-0.05, 0) is 37.1 Å². The van der Waals surface area contributed by atoms with Gasteiger partial charge in [0.25, 0.3) is 5.92 Å². The summed E-state index contributed by atoms with van der Waals surface area (Å²) in [6, 6.07) is 5.63. The number of hydrogen-bond donors (Lipinski definition) is 3. The molecule has 0 aliphatic carbocycles. The maximum absolute atomic E-state index is 13.2. The summed E-state index contributed by atoms with van der Waals surface area (Å²) in [7, 11) is 0. The summed E-state index contributed by atoms with van der Waals surface area (Å²) >= 11 is 0. The number of nitrogens with one attached hydrogen (secondary N) is 3. The van der Waals surface area contributed by atoms with E-state index in [2.05, 4.69) is 16.0 Å². The van der Waals surface area contributed by atoms with E-state index in [4.69, 9.17) is 0 Å². The first-order valence-electron chi connectivity index (χ1n) is 9.01. The number of rotatable bonds is 3. The van der Waals surface area contributed by atoms with Crippen molar-refractivity contribution >= 4 is 35.7 Å². The van der Waals surface area contributed by atoms with Gasteiger partial charge in [-0.25, -0.2) is 13.6 Å². The molecule has 2 aliphatic heterocycles. The van der Waals surface area contributed by atoms with Gasteiger partial charge in [-0.3, -0.25) is 10.1 Å². The number of urea groups is 1. The highest BCUT2D eigenvalue weighted by Gasteiger charge is 2.42. The summed E-state index contributed by atoms with van der Waals surface area (Å²) in [6.07, 6.45) is 3.85. The molecular weight excluding hydrogens is 378 g/mol. The quantitative estimate of drug-likeness (QED) is 0.725. The van der Waals surface area contributed by atoms with E-state index in [9.17, 15) is 18.4 Å². The Morgan fingerprint density at radius 3 is 2.07 bits per heavy atom. The molecule has 6 nitrogen and oxygen atoms in total. The van der Waals surface area contributed by atoms with Crippen molar-refractivity contribution in [2.45, 2.75) is 44.1 Å². The summed E-state index contributed by atoms with van der Waals surface area (Å²) in [6.45, 7) is 1.05. The van der Waals surface area contributed by atoms with Crippen molar-refractivity contribution in [2.75, 3.05) is 30.3 Å². The lowest BCUT2D eigenvalue weighted by molar-refractivity contribution is -0.118. The summed E-state index contributed by atoms with van der Waals surface area (Å²) in [5.74, 6) is -3.33. The molecule has 150 valence electrons. The van der Waals surface area contributed by atoms with Crippen LogP contribution in [-0.2, 0) is 4.79 Å². The largest absolute Gasteiger partial charge is 0.325 e. The molecule has 2 heterocycles. The molecule has 0 saturated carbocycles. The lowest BCUT2D eigenvalue weighted by atomic mass is 10.2. The van der Waals surface area contributed by atoms with Crippen molar-refractivity contribution in [1.29, 1.82) is 0 Å². The average molecular weight is 403 g/mol. The van der Waals surface area contributed by atoms with Crippen LogP contribution in [0.5, 0.6) is 0 Å². The van der Waals surface area contributed by atoms with Crippen LogP contribution in [0.25, 0.3) is 0 Å². The zero-order valence-electron chi connectivity index (χ0n) is 15.0. The minimum absolute atomic E-state index is 0. The summed E-state index contributed by atoms with van der Waals surface area (Å²) in [5, 5.41) is 7.99. The topological polar surface area (TPSA) is 73.5 Å². The predicted molar refractivity (Wildman–Crippen MR) is 103 cm³/mol. The van der Waals surface area contributed by atoms with Gasteiger partial charge in [-0.15, -0.1) is 12.4 Å². The zero-order valence-corrected chi connectivity index (χ0v) is 15.8. The minimum Gasteiger partial charge on any atom is -0.325 e. The van der Waals surface area contributed by atoms with Crippen LogP contribution in [0.4, 0.5) is 25.0 Å². The predicted octanol–water partition coefficient (Wildman–Crippen LogP) is 3.45. The fourth-order valence-corrected chi connectivity index (χ4v) is 3.24. The number of alkyl halides is 2. The van der Waals surface area contributed by atoms with E-state index in [1.165, 1.54) is 0 Å². The highest BCUT2D eigenvalue weighted by atomic mass is 35.5. The Bertz CT molecular complexity index is 612. The van der Waals surface area contributed by atoms with Crippen LogP contribution in [0.2, 0.25) is 0 Å². The lowest BCUT2D eigenvalue weighted by Crippen LogP contribution is -2.35. The van der Waals surface area contributed by atoms with Crippen LogP contribution in [-0.4, -0.2) is 48.4 Å². The Kier molecular flexibility index (Phi) is 7.38. The number of carbonyl (C=O) groups is 2. The van der Waals surface area contributed by atoms with Gasteiger partial charge in [-0.1, -0.05) is 12.8 Å². The maximum atomic E-state index is 13.2. The number of anilines is 2. The second kappa shape index (κ2) is 9.32. The summed E-state index contributed by atoms with van der Waals surface area (Å²) in [4.78, 5) is 26.1. The van der Waals surface area contributed by atoms with E-state index < -0.39 is 30.8 Å². The molecule has 3 amide bonds. The van der Waals surface area contributed by atoms with Crippen molar-refractivity contribution in [2.24, 2.45) is 0 Å². The van der Waals surface area contributed by atoms with Gasteiger partial charge in [0.1, 0.15) is 0 Å². The first-order chi connectivity index (χ1) is 12.4. The average Bonchev–Trinajstić information content (AvgIpc) is 2.82. The molecule has 1 unspecified atom stereocenters. The van der Waals surface area contributed by atoms with Crippen molar-refractivity contribution in [3.05, 3.63) is 24.3 Å². The molecule has 27 heavy (non-hydrogen) atoms. The number of halogens is 3. The normalized spacial score (nSPS) is 21.7. The zero-order chi connectivity index (χ0) is 18.6. The molecular formula is C18H25ClF2N4O2. The monoisotopic (exact) mass is 402 g/mol. The van der Waals surface area contributed by atoms with Crippen LogP contribution in [0.1, 0.15) is 32.1 Å². The molecule has 3 N–H and O–H groups in total. The molecule has 1 aromatic carbocycles. The third kappa shape index (κ3) is 6.04. The number of nitrogens with zero attached hydrogens (tertiary/aromatic N) is 1. The van der Waals surface area contributed by atoms with Crippen molar-refractivity contribution in [3.63, 3.8) is 0 Å². The standard InChI is InChI=1S/C18H24F2N4O2.ClH/c19-18(20)11-15(21-12-18)16(25)22-13-5-7-14(8-6-13)23-17(26)24-9-3-1-2-4-10-24;/h5-8,15,21H,1-4,9-12H2,(H,22,25)(H,23,26);1H. The first-order valence-corrected chi connectivity index (χ1v) is 9.01. The molecule has 2 aliphatic rings. The molecule has 0 spiro atoms. The summed E-state index contributed by atoms with van der Waals surface area (Å²) in [5.41, 5.74) is 1.13. The van der Waals surface area contributed by atoms with Gasteiger partial charge in [-0.2, -0.15) is 0 Å². The second-order valence-electron chi connectivity index (χ2n) is 6.89. The third-order valence-electron chi connectivity index (χ3n) is 4.72. The highest BCUT2D eigenvalue weighted by Crippen LogP contribution is 2.26. The van der Waals surface area contributed by atoms with Crippen molar-refractivity contribution < 1.29 is 18.4 Å². The van der Waals surface area contributed by atoms with Crippen LogP contribution < -0.4 is 16.0 Å². The van der Waals surface area contributed by atoms with Gasteiger partial charge >= 0.3 is 6.03 Å². The van der Waals surface area contributed by atoms with E-state index in [1.54, 1.807) is 24.3 Å². The SMILES string of the molecule is Cl.O=C(Nc1ccc(NC(=O)N2CCCCCC2)cc1)C1CC(F)(F)CN1. The number of benzene rings is 1. The van der Waals surface area contributed by atoms with Crippen LogP contribution in [0, 0.1) is 0 Å². The molecule has 1 atom stereocenters. The van der Waals surface area contributed by atoms with Crippen LogP contribution in [0.15, 0.2) is 24.3 Å². The first kappa shape index (κ1) is 21.4. The van der Waals surface area contributed by atoms with E-state index in [0.29, 0.717) is 11.4 Å². The van der Waals surface area contributed by atoms with Gasteiger partial charge in [0.2, 0.25) is 5.91 Å². The molecule has 0 aromatic heterocycles. The van der Waals surface area contributed by atoms with Gasteiger partial charge in [0.05, 0.1) is 12.6 Å². The van der Waals surface area contributed by atoms with E-state index in [0.717, 1.165) is 38.8 Å². The van der Waals surface area contributed by atoms with E-state index >= 15 is 0 Å². The molecule has 0 bridgehead atoms. The molecule has 3 rings (SSSR count). The fraction of sp³-hybridized carbons (Fsp3) is 0.556. The van der Waals surface area contributed by atoms with E-state index in [-0.39, 0.29) is 18.4 Å². The van der Waals surface area contributed by atoms with Crippen molar-refractivity contribution in [3.8, 4) is 0 Å². The van der Waals surface area contributed by atoms with Crippen molar-refractivity contribution in [1.82, 2.24) is 10.2 Å². The van der Waals surface area contributed by atoms with Gasteiger partial charge < -0.3 is 15.5 Å². The molecule has 2 fully saturated rings. The van der Waals surface area contributed by atoms with Crippen LogP contribution in [0.3, 0.4) is 0 Å². The maximum Gasteiger partial charge on any atom is 0.321 e. The summed E-state index contributed by atoms with van der Waals surface area (Å²) < 4.78 is 26.3. The van der Waals surface area contributed by atoms with Crippen LogP contribution >= 0.6 is 12.4 Å². The Hall–Kier alpha value is -1.93. The Morgan fingerprint density at radius 1 is 1.00 bits per heavy atom. The Labute approximate surface area is 163 Å². The smallest absolute Gasteiger partial charge is 0.321 e. The number of likely N-dealkylation sites (tertiary alicyclic amines) is 1. The highest BCUT2D eigenvalue weighted by molar-refractivity contribution is 5.95. The molecule has 2 saturated heterocycles. The Morgan fingerprint density at radius 2 is 1.56 bits per heavy atom. The molecule has 1 aromatic rings.